The molecule has 0 aliphatic carbocycles. The first-order valence-corrected chi connectivity index (χ1v) is 8.00. The van der Waals surface area contributed by atoms with Crippen molar-refractivity contribution in [3.63, 3.8) is 0 Å². The third-order valence-corrected chi connectivity index (χ3v) is 4.07. The molecular formula is C18H23N3O3. The number of nitrogens with zero attached hydrogens (tertiary/aromatic N) is 1. The second-order valence-corrected chi connectivity index (χ2v) is 5.79. The number of benzene rings is 2. The molecule has 2 rings (SSSR count). The first-order chi connectivity index (χ1) is 11.5. The van der Waals surface area contributed by atoms with Crippen molar-refractivity contribution in [3.05, 3.63) is 48.0 Å². The van der Waals surface area contributed by atoms with Gasteiger partial charge in [-0.3, -0.25) is 4.79 Å². The summed E-state index contributed by atoms with van der Waals surface area (Å²) < 4.78 is 0. The molecule has 2 amide bonds. The summed E-state index contributed by atoms with van der Waals surface area (Å²) in [6, 6.07) is 12.7. The van der Waals surface area contributed by atoms with Crippen LogP contribution in [0.3, 0.4) is 0 Å². The van der Waals surface area contributed by atoms with E-state index in [0.29, 0.717) is 17.9 Å². The molecule has 0 unspecified atom stereocenters. The number of nitrogens with two attached hydrogens (primary N) is 1. The third-order valence-electron chi connectivity index (χ3n) is 4.07. The summed E-state index contributed by atoms with van der Waals surface area (Å²) in [7, 11) is 0. The molecule has 0 spiro atoms. The SMILES string of the molecule is CCC[C@@H](C(=O)N[C@@H](C)c1cccc2ccccc12)N(N)C(=O)O. The Balaban J connectivity index is 2.21. The van der Waals surface area contributed by atoms with Crippen LogP contribution in [0.25, 0.3) is 10.8 Å². The zero-order valence-electron chi connectivity index (χ0n) is 13.9. The van der Waals surface area contributed by atoms with Gasteiger partial charge in [0.15, 0.2) is 0 Å². The highest BCUT2D eigenvalue weighted by Crippen LogP contribution is 2.24. The second-order valence-electron chi connectivity index (χ2n) is 5.79. The Morgan fingerprint density at radius 1 is 1.21 bits per heavy atom. The minimum atomic E-state index is -1.32. The molecular weight excluding hydrogens is 306 g/mol. The maximum absolute atomic E-state index is 12.5. The van der Waals surface area contributed by atoms with Crippen LogP contribution in [-0.4, -0.2) is 28.2 Å². The van der Waals surface area contributed by atoms with Crippen molar-refractivity contribution >= 4 is 22.8 Å². The lowest BCUT2D eigenvalue weighted by atomic mass is 9.99. The number of carbonyl (C=O) groups excluding carboxylic acids is 1. The van der Waals surface area contributed by atoms with Gasteiger partial charge in [0.05, 0.1) is 6.04 Å². The maximum Gasteiger partial charge on any atom is 0.422 e. The maximum atomic E-state index is 12.5. The van der Waals surface area contributed by atoms with Crippen LogP contribution < -0.4 is 11.2 Å². The standard InChI is InChI=1S/C18H23N3O3/c1-3-7-16(21(19)18(23)24)17(22)20-12(2)14-11-6-9-13-8-4-5-10-15(13)14/h4-6,8-12,16H,3,7,19H2,1-2H3,(H,20,22)(H,23,24)/t12-,16-/m0/s1. The van der Waals surface area contributed by atoms with Gasteiger partial charge in [0.1, 0.15) is 6.04 Å². The van der Waals surface area contributed by atoms with Crippen molar-refractivity contribution in [2.75, 3.05) is 0 Å². The van der Waals surface area contributed by atoms with Crippen LogP contribution in [0.2, 0.25) is 0 Å². The summed E-state index contributed by atoms with van der Waals surface area (Å²) in [4.78, 5) is 23.6. The molecule has 24 heavy (non-hydrogen) atoms. The number of hydrazine groups is 1. The molecule has 0 fully saturated rings. The fraction of sp³-hybridized carbons (Fsp3) is 0.333. The number of nitrogens with one attached hydrogen (secondary N) is 1. The van der Waals surface area contributed by atoms with Crippen molar-refractivity contribution in [2.45, 2.75) is 38.8 Å². The Labute approximate surface area is 141 Å². The average Bonchev–Trinajstić information content (AvgIpc) is 2.58. The van der Waals surface area contributed by atoms with Crippen LogP contribution >= 0.6 is 0 Å². The summed E-state index contributed by atoms with van der Waals surface area (Å²) in [6.45, 7) is 3.76. The van der Waals surface area contributed by atoms with E-state index in [1.54, 1.807) is 0 Å². The van der Waals surface area contributed by atoms with Gasteiger partial charge in [0.25, 0.3) is 0 Å². The summed E-state index contributed by atoms with van der Waals surface area (Å²) in [5, 5.41) is 14.7. The predicted molar refractivity (Wildman–Crippen MR) is 93.3 cm³/mol. The van der Waals surface area contributed by atoms with Crippen molar-refractivity contribution in [2.24, 2.45) is 5.84 Å². The molecule has 0 saturated heterocycles. The molecule has 0 saturated carbocycles. The molecule has 128 valence electrons. The van der Waals surface area contributed by atoms with Crippen LogP contribution in [0.5, 0.6) is 0 Å². The van der Waals surface area contributed by atoms with E-state index in [1.807, 2.05) is 56.3 Å². The van der Waals surface area contributed by atoms with Crippen LogP contribution in [0.1, 0.15) is 38.3 Å². The fourth-order valence-electron chi connectivity index (χ4n) is 2.82. The molecule has 0 heterocycles. The van der Waals surface area contributed by atoms with Gasteiger partial charge in [0, 0.05) is 0 Å². The molecule has 2 aromatic carbocycles. The Morgan fingerprint density at radius 2 is 1.88 bits per heavy atom. The number of rotatable bonds is 6. The molecule has 2 aromatic rings. The van der Waals surface area contributed by atoms with Gasteiger partial charge in [-0.15, -0.1) is 0 Å². The number of fused-ring (bicyclic) bond motifs is 1. The quantitative estimate of drug-likeness (QED) is 0.431. The molecule has 4 N–H and O–H groups in total. The van der Waals surface area contributed by atoms with Crippen LogP contribution in [0.4, 0.5) is 4.79 Å². The Kier molecular flexibility index (Phi) is 5.76. The fourth-order valence-corrected chi connectivity index (χ4v) is 2.82. The van der Waals surface area contributed by atoms with E-state index in [2.05, 4.69) is 5.32 Å². The lowest BCUT2D eigenvalue weighted by Crippen LogP contribution is -2.53. The molecule has 0 bridgehead atoms. The highest BCUT2D eigenvalue weighted by atomic mass is 16.4. The number of carbonyl (C=O) groups is 2. The van der Waals surface area contributed by atoms with Gasteiger partial charge in [0.2, 0.25) is 5.91 Å². The van der Waals surface area contributed by atoms with Crippen molar-refractivity contribution in [1.29, 1.82) is 0 Å². The monoisotopic (exact) mass is 329 g/mol. The van der Waals surface area contributed by atoms with Crippen molar-refractivity contribution in [1.82, 2.24) is 10.3 Å². The van der Waals surface area contributed by atoms with E-state index in [-0.39, 0.29) is 11.9 Å². The molecule has 6 heteroatoms. The predicted octanol–water partition coefficient (Wildman–Crippen LogP) is 3.04. The highest BCUT2D eigenvalue weighted by molar-refractivity contribution is 5.88. The average molecular weight is 329 g/mol. The molecule has 0 aliphatic heterocycles. The first-order valence-electron chi connectivity index (χ1n) is 8.00. The number of hydrogen-bond acceptors (Lipinski definition) is 3. The number of amides is 2. The zero-order chi connectivity index (χ0) is 17.7. The highest BCUT2D eigenvalue weighted by Gasteiger charge is 2.28. The van der Waals surface area contributed by atoms with E-state index in [4.69, 9.17) is 10.9 Å². The smallest absolute Gasteiger partial charge is 0.422 e. The number of hydrogen-bond donors (Lipinski definition) is 3. The Morgan fingerprint density at radius 3 is 2.54 bits per heavy atom. The van der Waals surface area contributed by atoms with Gasteiger partial charge in [-0.2, -0.15) is 0 Å². The molecule has 0 radical (unpaired) electrons. The molecule has 0 aromatic heterocycles. The summed E-state index contributed by atoms with van der Waals surface area (Å²) in [5.41, 5.74) is 0.982. The lowest BCUT2D eigenvalue weighted by molar-refractivity contribution is -0.126. The lowest BCUT2D eigenvalue weighted by Gasteiger charge is -2.26. The molecule has 0 aliphatic rings. The molecule has 2 atom stereocenters. The van der Waals surface area contributed by atoms with E-state index in [0.717, 1.165) is 16.3 Å². The largest absolute Gasteiger partial charge is 0.464 e. The van der Waals surface area contributed by atoms with Gasteiger partial charge in [-0.1, -0.05) is 55.8 Å². The van der Waals surface area contributed by atoms with E-state index >= 15 is 0 Å². The van der Waals surface area contributed by atoms with Gasteiger partial charge >= 0.3 is 6.09 Å². The minimum absolute atomic E-state index is 0.259. The topological polar surface area (TPSA) is 95.7 Å². The van der Waals surface area contributed by atoms with E-state index in [1.165, 1.54) is 0 Å². The summed E-state index contributed by atoms with van der Waals surface area (Å²) in [5.74, 6) is 5.14. The van der Waals surface area contributed by atoms with E-state index in [9.17, 15) is 9.59 Å². The van der Waals surface area contributed by atoms with Crippen molar-refractivity contribution < 1.29 is 14.7 Å². The summed E-state index contributed by atoms with van der Waals surface area (Å²) in [6.07, 6.45) is -0.292. The van der Waals surface area contributed by atoms with Gasteiger partial charge in [-0.25, -0.2) is 15.6 Å². The van der Waals surface area contributed by atoms with Crippen molar-refractivity contribution in [3.8, 4) is 0 Å². The first kappa shape index (κ1) is 17.7. The molecule has 6 nitrogen and oxygen atoms in total. The normalized spacial score (nSPS) is 13.3. The van der Waals surface area contributed by atoms with Crippen LogP contribution in [0.15, 0.2) is 42.5 Å². The second kappa shape index (κ2) is 7.79. The van der Waals surface area contributed by atoms with Gasteiger partial charge in [-0.05, 0) is 29.7 Å². The van der Waals surface area contributed by atoms with Crippen LogP contribution in [0, 0.1) is 0 Å². The Hall–Kier alpha value is -2.60. The third kappa shape index (κ3) is 3.83. The summed E-state index contributed by atoms with van der Waals surface area (Å²) >= 11 is 0. The van der Waals surface area contributed by atoms with Crippen LogP contribution in [-0.2, 0) is 4.79 Å². The van der Waals surface area contributed by atoms with Gasteiger partial charge < -0.3 is 10.4 Å². The zero-order valence-corrected chi connectivity index (χ0v) is 13.9. The Bertz CT molecular complexity index is 727. The minimum Gasteiger partial charge on any atom is -0.464 e. The van der Waals surface area contributed by atoms with E-state index < -0.39 is 12.1 Å². The number of carboxylic acid groups (broad SMARTS) is 1.